The van der Waals surface area contributed by atoms with Crippen LogP contribution >= 0.6 is 0 Å². The summed E-state index contributed by atoms with van der Waals surface area (Å²) in [5.74, 6) is 0. The molecular formula is C18H39NO3. The van der Waals surface area contributed by atoms with E-state index >= 15 is 0 Å². The Morgan fingerprint density at radius 3 is 1.59 bits per heavy atom. The lowest BCUT2D eigenvalue weighted by Crippen LogP contribution is -2.41. The third kappa shape index (κ3) is 14.8. The van der Waals surface area contributed by atoms with Gasteiger partial charge < -0.3 is 15.3 Å². The van der Waals surface area contributed by atoms with Crippen molar-refractivity contribution >= 4 is 0 Å². The summed E-state index contributed by atoms with van der Waals surface area (Å²) in [6, 6.07) is 0. The third-order valence-electron chi connectivity index (χ3n) is 3.90. The summed E-state index contributed by atoms with van der Waals surface area (Å²) in [6.07, 6.45) is 9.74. The highest BCUT2D eigenvalue weighted by Gasteiger charge is 2.15. The maximum atomic E-state index is 10.1. The predicted octanol–water partition coefficient (Wildman–Crippen LogP) is 2.94. The zero-order valence-electron chi connectivity index (χ0n) is 15.0. The van der Waals surface area contributed by atoms with Gasteiger partial charge in [-0.25, -0.2) is 0 Å². The minimum absolute atomic E-state index is 0.363. The number of hydrogen-bond donors (Lipinski definition) is 3. The number of aliphatic hydroxyl groups is 3. The van der Waals surface area contributed by atoms with Gasteiger partial charge >= 0.3 is 0 Å². The van der Waals surface area contributed by atoms with Gasteiger partial charge in [0.25, 0.3) is 0 Å². The molecule has 0 fully saturated rings. The van der Waals surface area contributed by atoms with Crippen molar-refractivity contribution in [2.45, 2.75) is 96.9 Å². The standard InChI is InChI=1S/C18H39NO3/c1-4-5-6-7-8-9-10-11-12-18(22)15-19(13-16(2)20)14-17(3)21/h16-18,20-22H,4-15H2,1-3H3/t16-,17-,18-/m0/s1. The minimum atomic E-state index is -0.436. The van der Waals surface area contributed by atoms with Crippen LogP contribution in [0.1, 0.15) is 78.6 Å². The second kappa shape index (κ2) is 14.4. The summed E-state index contributed by atoms with van der Waals surface area (Å²) in [4.78, 5) is 1.95. The smallest absolute Gasteiger partial charge is 0.0667 e. The molecule has 22 heavy (non-hydrogen) atoms. The van der Waals surface area contributed by atoms with Crippen molar-refractivity contribution in [3.63, 3.8) is 0 Å². The Hall–Kier alpha value is -0.160. The zero-order chi connectivity index (χ0) is 16.8. The quantitative estimate of drug-likeness (QED) is 0.406. The van der Waals surface area contributed by atoms with Crippen LogP contribution in [0.25, 0.3) is 0 Å². The predicted molar refractivity (Wildman–Crippen MR) is 93.0 cm³/mol. The Morgan fingerprint density at radius 1 is 0.682 bits per heavy atom. The van der Waals surface area contributed by atoms with E-state index in [0.29, 0.717) is 19.6 Å². The molecule has 0 aliphatic heterocycles. The minimum Gasteiger partial charge on any atom is -0.392 e. The number of aliphatic hydroxyl groups excluding tert-OH is 3. The molecule has 4 heteroatoms. The van der Waals surface area contributed by atoms with Crippen LogP contribution in [-0.2, 0) is 0 Å². The first-order chi connectivity index (χ1) is 10.5. The monoisotopic (exact) mass is 317 g/mol. The Kier molecular flexibility index (Phi) is 14.3. The van der Waals surface area contributed by atoms with E-state index in [0.717, 1.165) is 12.8 Å². The van der Waals surface area contributed by atoms with E-state index in [1.165, 1.54) is 44.9 Å². The highest BCUT2D eigenvalue weighted by molar-refractivity contribution is 4.69. The van der Waals surface area contributed by atoms with Crippen molar-refractivity contribution in [1.82, 2.24) is 4.90 Å². The van der Waals surface area contributed by atoms with Crippen LogP contribution in [0.2, 0.25) is 0 Å². The summed E-state index contributed by atoms with van der Waals surface area (Å²) in [5.41, 5.74) is 0. The Labute approximate surface area is 137 Å². The van der Waals surface area contributed by atoms with Crippen molar-refractivity contribution in [2.24, 2.45) is 0 Å². The molecule has 0 unspecified atom stereocenters. The van der Waals surface area contributed by atoms with Crippen LogP contribution < -0.4 is 0 Å². The van der Waals surface area contributed by atoms with Crippen LogP contribution in [0.3, 0.4) is 0 Å². The lowest BCUT2D eigenvalue weighted by atomic mass is 10.1. The normalized spacial score (nSPS) is 16.0. The van der Waals surface area contributed by atoms with Gasteiger partial charge in [0.15, 0.2) is 0 Å². The molecule has 3 atom stereocenters. The molecule has 0 spiro atoms. The van der Waals surface area contributed by atoms with Crippen LogP contribution in [0.5, 0.6) is 0 Å². The summed E-state index contributed by atoms with van der Waals surface area (Å²) < 4.78 is 0. The fourth-order valence-electron chi connectivity index (χ4n) is 2.87. The maximum Gasteiger partial charge on any atom is 0.0667 e. The van der Waals surface area contributed by atoms with E-state index in [1.54, 1.807) is 13.8 Å². The molecule has 0 saturated carbocycles. The van der Waals surface area contributed by atoms with Gasteiger partial charge in [0.1, 0.15) is 0 Å². The molecule has 134 valence electrons. The highest BCUT2D eigenvalue weighted by atomic mass is 16.3. The topological polar surface area (TPSA) is 63.9 Å². The second-order valence-electron chi connectivity index (χ2n) is 6.83. The summed E-state index contributed by atoms with van der Waals surface area (Å²) in [5, 5.41) is 29.1. The second-order valence-corrected chi connectivity index (χ2v) is 6.83. The van der Waals surface area contributed by atoms with Gasteiger partial charge in [0.2, 0.25) is 0 Å². The van der Waals surface area contributed by atoms with Crippen molar-refractivity contribution < 1.29 is 15.3 Å². The number of nitrogens with zero attached hydrogens (tertiary/aromatic N) is 1. The van der Waals surface area contributed by atoms with Crippen molar-refractivity contribution in [3.8, 4) is 0 Å². The third-order valence-corrected chi connectivity index (χ3v) is 3.90. The van der Waals surface area contributed by atoms with Crippen LogP contribution in [0, 0.1) is 0 Å². The molecular weight excluding hydrogens is 278 g/mol. The van der Waals surface area contributed by atoms with E-state index in [-0.39, 0.29) is 6.10 Å². The summed E-state index contributed by atoms with van der Waals surface area (Å²) in [6.45, 7) is 7.24. The molecule has 3 N–H and O–H groups in total. The molecule has 0 aromatic carbocycles. The average Bonchev–Trinajstić information content (AvgIpc) is 2.40. The number of unbranched alkanes of at least 4 members (excludes halogenated alkanes) is 7. The lowest BCUT2D eigenvalue weighted by molar-refractivity contribution is 0.0443. The fraction of sp³-hybridized carbons (Fsp3) is 1.00. The highest BCUT2D eigenvalue weighted by Crippen LogP contribution is 2.11. The first-order valence-corrected chi connectivity index (χ1v) is 9.22. The van der Waals surface area contributed by atoms with Crippen molar-refractivity contribution in [3.05, 3.63) is 0 Å². The molecule has 0 aromatic heterocycles. The number of rotatable bonds is 15. The maximum absolute atomic E-state index is 10.1. The SMILES string of the molecule is CCCCCCCCCC[C@H](O)CN(C[C@H](C)O)C[C@H](C)O. The molecule has 0 bridgehead atoms. The molecule has 0 heterocycles. The van der Waals surface area contributed by atoms with E-state index < -0.39 is 12.2 Å². The van der Waals surface area contributed by atoms with Gasteiger partial charge in [0, 0.05) is 19.6 Å². The van der Waals surface area contributed by atoms with Gasteiger partial charge in [-0.2, -0.15) is 0 Å². The molecule has 0 rings (SSSR count). The van der Waals surface area contributed by atoms with E-state index in [9.17, 15) is 15.3 Å². The van der Waals surface area contributed by atoms with Gasteiger partial charge in [-0.15, -0.1) is 0 Å². The summed E-state index contributed by atoms with van der Waals surface area (Å²) >= 11 is 0. The van der Waals surface area contributed by atoms with E-state index in [2.05, 4.69) is 6.92 Å². The lowest BCUT2D eigenvalue weighted by Gasteiger charge is -2.27. The van der Waals surface area contributed by atoms with E-state index in [1.807, 2.05) is 4.90 Å². The Balaban J connectivity index is 3.69. The van der Waals surface area contributed by atoms with Gasteiger partial charge in [0.05, 0.1) is 18.3 Å². The van der Waals surface area contributed by atoms with Gasteiger partial charge in [-0.05, 0) is 20.3 Å². The first-order valence-electron chi connectivity index (χ1n) is 9.22. The van der Waals surface area contributed by atoms with Crippen molar-refractivity contribution in [2.75, 3.05) is 19.6 Å². The molecule has 0 radical (unpaired) electrons. The molecule has 0 aliphatic carbocycles. The van der Waals surface area contributed by atoms with Gasteiger partial charge in [-0.3, -0.25) is 4.90 Å². The largest absolute Gasteiger partial charge is 0.392 e. The fourth-order valence-corrected chi connectivity index (χ4v) is 2.87. The summed E-state index contributed by atoms with van der Waals surface area (Å²) in [7, 11) is 0. The van der Waals surface area contributed by atoms with Crippen LogP contribution in [0.15, 0.2) is 0 Å². The molecule has 0 aliphatic rings. The first kappa shape index (κ1) is 21.8. The zero-order valence-corrected chi connectivity index (χ0v) is 15.0. The molecule has 0 aromatic rings. The molecule has 4 nitrogen and oxygen atoms in total. The molecule has 0 saturated heterocycles. The van der Waals surface area contributed by atoms with Gasteiger partial charge in [-0.1, -0.05) is 58.3 Å². The Bertz CT molecular complexity index is 224. The van der Waals surface area contributed by atoms with Crippen LogP contribution in [-0.4, -0.2) is 58.2 Å². The Morgan fingerprint density at radius 2 is 1.14 bits per heavy atom. The van der Waals surface area contributed by atoms with E-state index in [4.69, 9.17) is 0 Å². The molecule has 0 amide bonds. The number of hydrogen-bond acceptors (Lipinski definition) is 4. The average molecular weight is 318 g/mol. The van der Waals surface area contributed by atoms with Crippen molar-refractivity contribution in [1.29, 1.82) is 0 Å². The van der Waals surface area contributed by atoms with Crippen LogP contribution in [0.4, 0.5) is 0 Å².